The molecule has 34 heavy (non-hydrogen) atoms. The largest absolute Gasteiger partial charge is 0.480 e. The van der Waals surface area contributed by atoms with Crippen molar-refractivity contribution in [3.05, 3.63) is 35.4 Å². The van der Waals surface area contributed by atoms with Gasteiger partial charge in [0.2, 0.25) is 0 Å². The van der Waals surface area contributed by atoms with Crippen LogP contribution in [0.4, 0.5) is 18.0 Å². The summed E-state index contributed by atoms with van der Waals surface area (Å²) in [5.41, 5.74) is -6.03. The second-order valence-electron chi connectivity index (χ2n) is 9.46. The number of nitrogens with one attached hydrogen (secondary N) is 1. The zero-order valence-electron chi connectivity index (χ0n) is 19.8. The van der Waals surface area contributed by atoms with Crippen LogP contribution < -0.4 is 5.32 Å². The van der Waals surface area contributed by atoms with E-state index in [1.165, 1.54) is 30.0 Å². The van der Waals surface area contributed by atoms with Gasteiger partial charge in [0, 0.05) is 19.0 Å². The third-order valence-corrected chi connectivity index (χ3v) is 6.28. The van der Waals surface area contributed by atoms with Crippen LogP contribution in [0.1, 0.15) is 58.6 Å². The number of hydrogen-bond donors (Lipinski definition) is 3. The number of nitrogens with zero attached hydrogens (tertiary/aromatic N) is 1. The van der Waals surface area contributed by atoms with E-state index in [0.29, 0.717) is 0 Å². The van der Waals surface area contributed by atoms with Gasteiger partial charge in [-0.15, -0.1) is 0 Å². The first-order valence-corrected chi connectivity index (χ1v) is 10.9. The summed E-state index contributed by atoms with van der Waals surface area (Å²) in [6.07, 6.45) is -5.81. The van der Waals surface area contributed by atoms with Crippen LogP contribution >= 0.6 is 0 Å². The number of carbonyl (C=O) groups is 3. The molecule has 190 valence electrons. The van der Waals surface area contributed by atoms with E-state index in [1.54, 1.807) is 27.7 Å². The number of ether oxygens (including phenoxy) is 1. The van der Waals surface area contributed by atoms with E-state index < -0.39 is 65.5 Å². The Balaban J connectivity index is 2.65. The van der Waals surface area contributed by atoms with Crippen LogP contribution in [-0.4, -0.2) is 56.4 Å². The van der Waals surface area contributed by atoms with E-state index >= 15 is 0 Å². The number of alkyl halides is 3. The number of amides is 1. The zero-order valence-corrected chi connectivity index (χ0v) is 19.8. The van der Waals surface area contributed by atoms with Crippen LogP contribution in [0.2, 0.25) is 0 Å². The van der Waals surface area contributed by atoms with Crippen molar-refractivity contribution < 1.29 is 42.5 Å². The molecule has 0 aromatic heterocycles. The van der Waals surface area contributed by atoms with Gasteiger partial charge in [-0.3, -0.25) is 9.69 Å². The normalized spacial score (nSPS) is 25.7. The maximum atomic E-state index is 13.6. The monoisotopic (exact) mass is 488 g/mol. The molecule has 0 aliphatic carbocycles. The number of alkyl carbamates (subject to hydrolysis) is 1. The molecule has 0 bridgehead atoms. The van der Waals surface area contributed by atoms with Crippen molar-refractivity contribution in [2.24, 2.45) is 5.92 Å². The lowest BCUT2D eigenvalue weighted by atomic mass is 9.72. The van der Waals surface area contributed by atoms with Gasteiger partial charge in [0.05, 0.1) is 5.56 Å². The Labute approximate surface area is 196 Å². The van der Waals surface area contributed by atoms with Gasteiger partial charge in [0.15, 0.2) is 5.54 Å². The van der Waals surface area contributed by atoms with Gasteiger partial charge in [0.25, 0.3) is 0 Å². The Morgan fingerprint density at radius 3 is 2.15 bits per heavy atom. The second kappa shape index (κ2) is 9.44. The molecule has 2 rings (SSSR count). The summed E-state index contributed by atoms with van der Waals surface area (Å²) in [7, 11) is 0. The van der Waals surface area contributed by atoms with Gasteiger partial charge in [0.1, 0.15) is 11.1 Å². The molecule has 11 heteroatoms. The van der Waals surface area contributed by atoms with Gasteiger partial charge in [-0.25, -0.2) is 9.59 Å². The fourth-order valence-electron chi connectivity index (χ4n) is 4.99. The van der Waals surface area contributed by atoms with Crippen molar-refractivity contribution in [3.63, 3.8) is 0 Å². The van der Waals surface area contributed by atoms with Gasteiger partial charge >= 0.3 is 24.2 Å². The Hall–Kier alpha value is -2.82. The highest BCUT2D eigenvalue weighted by Crippen LogP contribution is 2.47. The first-order chi connectivity index (χ1) is 15.5. The third-order valence-electron chi connectivity index (χ3n) is 6.28. The minimum absolute atomic E-state index is 0.0274. The number of carboxylic acid groups (broad SMARTS) is 2. The molecule has 1 aliphatic rings. The van der Waals surface area contributed by atoms with Crippen LogP contribution in [0.3, 0.4) is 0 Å². The maximum Gasteiger partial charge on any atom is 0.416 e. The maximum absolute atomic E-state index is 13.6. The molecule has 1 amide bonds. The molecule has 0 radical (unpaired) electrons. The van der Waals surface area contributed by atoms with Crippen molar-refractivity contribution in [3.8, 4) is 0 Å². The molecule has 3 atom stereocenters. The summed E-state index contributed by atoms with van der Waals surface area (Å²) in [4.78, 5) is 39.0. The molecule has 1 fully saturated rings. The van der Waals surface area contributed by atoms with E-state index in [4.69, 9.17) is 4.74 Å². The predicted octanol–water partition coefficient (Wildman–Crippen LogP) is 4.13. The number of carboxylic acids is 2. The van der Waals surface area contributed by atoms with E-state index in [9.17, 15) is 37.8 Å². The molecular formula is C23H31F3N2O6. The number of likely N-dealkylation sites (tertiary alicyclic amines) is 1. The number of halogens is 3. The molecule has 1 aliphatic heterocycles. The van der Waals surface area contributed by atoms with E-state index in [-0.39, 0.29) is 18.4 Å². The van der Waals surface area contributed by atoms with Crippen molar-refractivity contribution in [1.82, 2.24) is 10.2 Å². The van der Waals surface area contributed by atoms with E-state index in [0.717, 1.165) is 6.07 Å². The van der Waals surface area contributed by atoms with Gasteiger partial charge in [-0.1, -0.05) is 32.0 Å². The highest BCUT2D eigenvalue weighted by molar-refractivity contribution is 5.90. The first-order valence-electron chi connectivity index (χ1n) is 10.9. The topological polar surface area (TPSA) is 116 Å². The number of hydrogen-bond acceptors (Lipinski definition) is 5. The summed E-state index contributed by atoms with van der Waals surface area (Å²) in [6.45, 7) is 6.87. The minimum Gasteiger partial charge on any atom is -0.480 e. The van der Waals surface area contributed by atoms with Gasteiger partial charge in [-0.05, 0) is 45.2 Å². The zero-order chi connectivity index (χ0) is 26.1. The molecule has 1 aromatic rings. The molecule has 0 spiro atoms. The molecule has 8 nitrogen and oxygen atoms in total. The summed E-state index contributed by atoms with van der Waals surface area (Å²) in [5.74, 6) is -4.03. The molecule has 0 saturated carbocycles. The molecule has 1 aromatic carbocycles. The molecule has 1 saturated heterocycles. The highest BCUT2D eigenvalue weighted by Gasteiger charge is 2.67. The summed E-state index contributed by atoms with van der Waals surface area (Å²) in [5, 5.41) is 22.9. The molecule has 1 unspecified atom stereocenters. The summed E-state index contributed by atoms with van der Waals surface area (Å²) >= 11 is 0. The molecule has 3 N–H and O–H groups in total. The Bertz CT molecular complexity index is 945. The fourth-order valence-corrected chi connectivity index (χ4v) is 4.99. The average molecular weight is 489 g/mol. The Kier molecular flexibility index (Phi) is 7.61. The molecule has 1 heterocycles. The average Bonchev–Trinajstić information content (AvgIpc) is 2.96. The first kappa shape index (κ1) is 27.4. The lowest BCUT2D eigenvalue weighted by molar-refractivity contribution is -0.154. The van der Waals surface area contributed by atoms with Crippen LogP contribution in [0.15, 0.2) is 24.3 Å². The summed E-state index contributed by atoms with van der Waals surface area (Å²) in [6, 6.07) is 4.74. The number of benzene rings is 1. The quantitative estimate of drug-likeness (QED) is 0.529. The van der Waals surface area contributed by atoms with Crippen molar-refractivity contribution in [2.45, 2.75) is 76.9 Å². The molecular weight excluding hydrogens is 457 g/mol. The van der Waals surface area contributed by atoms with Crippen LogP contribution in [0.5, 0.6) is 0 Å². The Morgan fingerprint density at radius 1 is 1.12 bits per heavy atom. The predicted molar refractivity (Wildman–Crippen MR) is 116 cm³/mol. The summed E-state index contributed by atoms with van der Waals surface area (Å²) < 4.78 is 46.0. The Morgan fingerprint density at radius 2 is 1.71 bits per heavy atom. The van der Waals surface area contributed by atoms with Crippen LogP contribution in [0.25, 0.3) is 0 Å². The SMILES string of the molecule is CCC1[C@](CC)(C(=O)O)N(Cc2ccccc2C(F)(F)F)C[C@@]1(NC(=O)OC(C)(C)C)C(=O)O. The third kappa shape index (κ3) is 4.98. The van der Waals surface area contributed by atoms with Crippen molar-refractivity contribution in [2.75, 3.05) is 6.54 Å². The lowest BCUT2D eigenvalue weighted by Crippen LogP contribution is -2.63. The number of carbonyl (C=O) groups excluding carboxylic acids is 1. The number of rotatable bonds is 7. The van der Waals surface area contributed by atoms with E-state index in [1.807, 2.05) is 0 Å². The minimum atomic E-state index is -4.68. The lowest BCUT2D eigenvalue weighted by Gasteiger charge is -2.39. The fraction of sp³-hybridized carbons (Fsp3) is 0.609. The van der Waals surface area contributed by atoms with Crippen molar-refractivity contribution >= 4 is 18.0 Å². The standard InChI is InChI=1S/C23H31F3N2O6/c1-6-16-21(17(29)30,27-19(33)34-20(3,4)5)13-28(22(16,7-2)18(31)32)12-14-10-8-9-11-15(14)23(24,25)26/h8-11,16H,6-7,12-13H2,1-5H3,(H,27,33)(H,29,30)(H,31,32)/t16?,21-,22+/m0/s1. The highest BCUT2D eigenvalue weighted by atomic mass is 19.4. The van der Waals surface area contributed by atoms with Gasteiger partial charge < -0.3 is 20.3 Å². The van der Waals surface area contributed by atoms with Crippen LogP contribution in [0, 0.1) is 5.92 Å². The van der Waals surface area contributed by atoms with Crippen molar-refractivity contribution in [1.29, 1.82) is 0 Å². The second-order valence-corrected chi connectivity index (χ2v) is 9.46. The van der Waals surface area contributed by atoms with Crippen LogP contribution in [-0.2, 0) is 27.0 Å². The van der Waals surface area contributed by atoms with E-state index in [2.05, 4.69) is 5.32 Å². The number of aliphatic carboxylic acids is 2. The smallest absolute Gasteiger partial charge is 0.416 e. The van der Waals surface area contributed by atoms with Gasteiger partial charge in [-0.2, -0.15) is 13.2 Å².